The summed E-state index contributed by atoms with van der Waals surface area (Å²) in [5.74, 6) is 0.872. The Morgan fingerprint density at radius 2 is 1.80 bits per heavy atom. The minimum atomic E-state index is 0.252. The predicted molar refractivity (Wildman–Crippen MR) is 84.0 cm³/mol. The molecule has 2 aromatic carbocycles. The molecule has 1 fully saturated rings. The summed E-state index contributed by atoms with van der Waals surface area (Å²) in [6, 6.07) is 15.0. The number of likely N-dealkylation sites (tertiary alicyclic amines) is 1. The lowest BCUT2D eigenvalue weighted by atomic mass is 9.79. The van der Waals surface area contributed by atoms with Crippen molar-refractivity contribution in [3.05, 3.63) is 48.0 Å². The lowest BCUT2D eigenvalue weighted by Gasteiger charge is -2.34. The monoisotopic (exact) mass is 269 g/mol. The SMILES string of the molecule is CN1CCC(C(CO)c2cccc3ccccc23)CC1. The molecule has 1 heterocycles. The van der Waals surface area contributed by atoms with Crippen molar-refractivity contribution >= 4 is 10.8 Å². The molecule has 3 rings (SSSR count). The van der Waals surface area contributed by atoms with Gasteiger partial charge in [0, 0.05) is 5.92 Å². The van der Waals surface area contributed by atoms with Crippen molar-refractivity contribution in [3.8, 4) is 0 Å². The zero-order chi connectivity index (χ0) is 13.9. The summed E-state index contributed by atoms with van der Waals surface area (Å²) in [6.45, 7) is 2.54. The average Bonchev–Trinajstić information content (AvgIpc) is 2.50. The van der Waals surface area contributed by atoms with Crippen LogP contribution in [-0.2, 0) is 0 Å². The minimum Gasteiger partial charge on any atom is -0.396 e. The molecule has 0 aliphatic carbocycles. The second-order valence-electron chi connectivity index (χ2n) is 6.00. The molecule has 0 spiro atoms. The summed E-state index contributed by atoms with van der Waals surface area (Å²) in [5, 5.41) is 12.5. The fourth-order valence-electron chi connectivity index (χ4n) is 3.51. The Kier molecular flexibility index (Phi) is 4.04. The third kappa shape index (κ3) is 2.58. The molecule has 2 heteroatoms. The van der Waals surface area contributed by atoms with E-state index in [0.29, 0.717) is 5.92 Å². The van der Waals surface area contributed by atoms with Gasteiger partial charge in [-0.25, -0.2) is 0 Å². The lowest BCUT2D eigenvalue weighted by molar-refractivity contribution is 0.157. The van der Waals surface area contributed by atoms with Gasteiger partial charge in [0.1, 0.15) is 0 Å². The van der Waals surface area contributed by atoms with Gasteiger partial charge in [-0.3, -0.25) is 0 Å². The molecule has 1 unspecified atom stereocenters. The van der Waals surface area contributed by atoms with Gasteiger partial charge in [-0.1, -0.05) is 42.5 Å². The molecule has 0 saturated carbocycles. The fraction of sp³-hybridized carbons (Fsp3) is 0.444. The topological polar surface area (TPSA) is 23.5 Å². The van der Waals surface area contributed by atoms with Crippen LogP contribution in [0.15, 0.2) is 42.5 Å². The molecule has 1 N–H and O–H groups in total. The maximum absolute atomic E-state index is 9.94. The van der Waals surface area contributed by atoms with Crippen LogP contribution in [0, 0.1) is 5.92 Å². The first kappa shape index (κ1) is 13.6. The standard InChI is InChI=1S/C18H23NO/c1-19-11-9-15(10-12-19)18(13-20)17-8-4-6-14-5-2-3-7-16(14)17/h2-8,15,18,20H,9-13H2,1H3. The highest BCUT2D eigenvalue weighted by Gasteiger charge is 2.27. The highest BCUT2D eigenvalue weighted by Crippen LogP contribution is 2.35. The Morgan fingerprint density at radius 1 is 1.10 bits per heavy atom. The van der Waals surface area contributed by atoms with Crippen molar-refractivity contribution in [2.75, 3.05) is 26.7 Å². The Labute approximate surface area is 121 Å². The first-order chi connectivity index (χ1) is 9.79. The first-order valence-electron chi connectivity index (χ1n) is 7.56. The number of aliphatic hydroxyl groups is 1. The van der Waals surface area contributed by atoms with Crippen LogP contribution in [0.25, 0.3) is 10.8 Å². The van der Waals surface area contributed by atoms with E-state index in [4.69, 9.17) is 0 Å². The molecule has 0 aromatic heterocycles. The van der Waals surface area contributed by atoms with Gasteiger partial charge >= 0.3 is 0 Å². The Balaban J connectivity index is 1.95. The van der Waals surface area contributed by atoms with Gasteiger partial charge in [0.05, 0.1) is 6.61 Å². The molecule has 1 atom stereocenters. The second-order valence-corrected chi connectivity index (χ2v) is 6.00. The second kappa shape index (κ2) is 5.94. The van der Waals surface area contributed by atoms with E-state index >= 15 is 0 Å². The van der Waals surface area contributed by atoms with Crippen LogP contribution in [0.5, 0.6) is 0 Å². The van der Waals surface area contributed by atoms with E-state index in [-0.39, 0.29) is 12.5 Å². The Morgan fingerprint density at radius 3 is 2.55 bits per heavy atom. The molecule has 1 aliphatic heterocycles. The van der Waals surface area contributed by atoms with Crippen molar-refractivity contribution in [2.24, 2.45) is 5.92 Å². The van der Waals surface area contributed by atoms with E-state index in [1.165, 1.54) is 29.2 Å². The van der Waals surface area contributed by atoms with Gasteiger partial charge in [-0.05, 0) is 55.2 Å². The smallest absolute Gasteiger partial charge is 0.0502 e. The first-order valence-corrected chi connectivity index (χ1v) is 7.56. The summed E-state index contributed by atoms with van der Waals surface area (Å²) < 4.78 is 0. The minimum absolute atomic E-state index is 0.252. The van der Waals surface area contributed by atoms with Crippen molar-refractivity contribution < 1.29 is 5.11 Å². The van der Waals surface area contributed by atoms with Crippen LogP contribution in [0.1, 0.15) is 24.3 Å². The van der Waals surface area contributed by atoms with E-state index in [1.54, 1.807) is 0 Å². The van der Waals surface area contributed by atoms with E-state index in [0.717, 1.165) is 13.1 Å². The van der Waals surface area contributed by atoms with E-state index in [2.05, 4.69) is 54.4 Å². The zero-order valence-electron chi connectivity index (χ0n) is 12.1. The molecule has 1 saturated heterocycles. The number of piperidine rings is 1. The van der Waals surface area contributed by atoms with Crippen LogP contribution in [0.4, 0.5) is 0 Å². The molecule has 106 valence electrons. The summed E-state index contributed by atoms with van der Waals surface area (Å²) in [4.78, 5) is 2.38. The van der Waals surface area contributed by atoms with Crippen molar-refractivity contribution in [3.63, 3.8) is 0 Å². The summed E-state index contributed by atoms with van der Waals surface area (Å²) in [5.41, 5.74) is 1.32. The quantitative estimate of drug-likeness (QED) is 0.924. The van der Waals surface area contributed by atoms with Gasteiger partial charge in [-0.15, -0.1) is 0 Å². The predicted octanol–water partition coefficient (Wildman–Crippen LogP) is 3.26. The van der Waals surface area contributed by atoms with Gasteiger partial charge in [0.2, 0.25) is 0 Å². The number of nitrogens with zero attached hydrogens (tertiary/aromatic N) is 1. The summed E-state index contributed by atoms with van der Waals surface area (Å²) in [7, 11) is 2.18. The molecule has 0 bridgehead atoms. The highest BCUT2D eigenvalue weighted by molar-refractivity contribution is 5.86. The highest BCUT2D eigenvalue weighted by atomic mass is 16.3. The van der Waals surface area contributed by atoms with E-state index in [1.807, 2.05) is 0 Å². The maximum atomic E-state index is 9.94. The lowest BCUT2D eigenvalue weighted by Crippen LogP contribution is -2.33. The molecule has 0 radical (unpaired) electrons. The molecule has 0 amide bonds. The van der Waals surface area contributed by atoms with Crippen LogP contribution >= 0.6 is 0 Å². The fourth-order valence-corrected chi connectivity index (χ4v) is 3.51. The molecule has 2 nitrogen and oxygen atoms in total. The average molecular weight is 269 g/mol. The van der Waals surface area contributed by atoms with Crippen LogP contribution in [-0.4, -0.2) is 36.8 Å². The number of fused-ring (bicyclic) bond motifs is 1. The number of rotatable bonds is 3. The van der Waals surface area contributed by atoms with Crippen LogP contribution in [0.3, 0.4) is 0 Å². The number of hydrogen-bond acceptors (Lipinski definition) is 2. The summed E-state index contributed by atoms with van der Waals surface area (Å²) in [6.07, 6.45) is 2.37. The molecule has 1 aliphatic rings. The van der Waals surface area contributed by atoms with Gasteiger partial charge in [0.25, 0.3) is 0 Å². The normalized spacial score (nSPS) is 19.3. The van der Waals surface area contributed by atoms with Gasteiger partial charge in [0.15, 0.2) is 0 Å². The van der Waals surface area contributed by atoms with Crippen molar-refractivity contribution in [1.82, 2.24) is 4.90 Å². The molecule has 20 heavy (non-hydrogen) atoms. The molecular formula is C18H23NO. The largest absolute Gasteiger partial charge is 0.396 e. The Hall–Kier alpha value is -1.38. The third-order valence-electron chi connectivity index (χ3n) is 4.75. The number of aliphatic hydroxyl groups excluding tert-OH is 1. The maximum Gasteiger partial charge on any atom is 0.0502 e. The van der Waals surface area contributed by atoms with Gasteiger partial charge in [-0.2, -0.15) is 0 Å². The zero-order valence-corrected chi connectivity index (χ0v) is 12.1. The number of benzene rings is 2. The molecular weight excluding hydrogens is 246 g/mol. The van der Waals surface area contributed by atoms with Crippen LogP contribution < -0.4 is 0 Å². The van der Waals surface area contributed by atoms with Crippen LogP contribution in [0.2, 0.25) is 0 Å². The van der Waals surface area contributed by atoms with E-state index < -0.39 is 0 Å². The summed E-state index contributed by atoms with van der Waals surface area (Å²) >= 11 is 0. The van der Waals surface area contributed by atoms with E-state index in [9.17, 15) is 5.11 Å². The van der Waals surface area contributed by atoms with Crippen molar-refractivity contribution in [1.29, 1.82) is 0 Å². The van der Waals surface area contributed by atoms with Crippen molar-refractivity contribution in [2.45, 2.75) is 18.8 Å². The Bertz CT molecular complexity index is 567. The molecule has 2 aromatic rings. The number of hydrogen-bond donors (Lipinski definition) is 1. The van der Waals surface area contributed by atoms with Gasteiger partial charge < -0.3 is 10.0 Å². The third-order valence-corrected chi connectivity index (χ3v) is 4.75.